The van der Waals surface area contributed by atoms with Crippen LogP contribution in [0.2, 0.25) is 0 Å². The Morgan fingerprint density at radius 3 is 1.25 bits per heavy atom. The summed E-state index contributed by atoms with van der Waals surface area (Å²) in [4.78, 5) is 5.17. The quantitative estimate of drug-likeness (QED) is 0.161. The first-order valence-corrected chi connectivity index (χ1v) is 27.2. The summed E-state index contributed by atoms with van der Waals surface area (Å²) in [5.74, 6) is 0. The number of benzene rings is 9. The summed E-state index contributed by atoms with van der Waals surface area (Å²) in [7, 11) is 0. The van der Waals surface area contributed by atoms with E-state index in [2.05, 4.69) is 269 Å². The van der Waals surface area contributed by atoms with Gasteiger partial charge >= 0.3 is 0 Å². The standard InChI is InChI=1S/C71H65BN2O/c1-67(2,3)42-25-30-46(31-26-42)73-60-35-44(69(7,8)9)29-34-58(60)72-59-41-65-53(39-61(59)74(47-32-27-43(28-33-47)68(4,5)6)63-37-45(70(10,11)12)36-62(73)66(63)72)52-38-51-50-21-15-18-24-56(50)71(57(51)40-64(52)75-65)54-22-16-13-19-48(54)49-20-14-17-23-55(49)71/h13-41H,1-12H3. The molecule has 1 spiro atoms. The number of fused-ring (bicyclic) bond motifs is 17. The van der Waals surface area contributed by atoms with Crippen LogP contribution < -0.4 is 26.2 Å². The largest absolute Gasteiger partial charge is 0.456 e. The summed E-state index contributed by atoms with van der Waals surface area (Å²) in [6, 6.07) is 68.1. The summed E-state index contributed by atoms with van der Waals surface area (Å²) in [6.45, 7) is 27.8. The lowest BCUT2D eigenvalue weighted by Gasteiger charge is -2.45. The van der Waals surface area contributed by atoms with Crippen LogP contribution in [0.5, 0.6) is 0 Å². The van der Waals surface area contributed by atoms with Gasteiger partial charge in [-0.25, -0.2) is 0 Å². The molecule has 2 aliphatic carbocycles. The Bertz CT molecular complexity index is 4000. The smallest absolute Gasteiger partial charge is 0.252 e. The Morgan fingerprint density at radius 1 is 0.347 bits per heavy atom. The zero-order chi connectivity index (χ0) is 51.9. The molecule has 368 valence electrons. The van der Waals surface area contributed by atoms with Crippen LogP contribution in [0, 0.1) is 0 Å². The van der Waals surface area contributed by atoms with Crippen molar-refractivity contribution >= 4 is 79.2 Å². The summed E-state index contributed by atoms with van der Waals surface area (Å²) >= 11 is 0. The van der Waals surface area contributed by atoms with Gasteiger partial charge in [-0.2, -0.15) is 0 Å². The molecule has 0 atom stereocenters. The third-order valence-corrected chi connectivity index (χ3v) is 17.5. The SMILES string of the molecule is CC(C)(C)c1ccc(N2c3cc(C(C)(C)C)ccc3B3c4cc5oc6cc7c(cc6c5cc4N(c4ccc(C(C)(C)C)cc4)c4cc(C(C)(C)C)cc2c43)-c2ccccc2C72c3ccccc3-c3ccccc32)cc1. The Hall–Kier alpha value is -7.56. The molecule has 0 fully saturated rings. The van der Waals surface area contributed by atoms with Gasteiger partial charge in [0.15, 0.2) is 0 Å². The van der Waals surface area contributed by atoms with E-state index in [1.54, 1.807) is 0 Å². The topological polar surface area (TPSA) is 19.6 Å². The van der Waals surface area contributed by atoms with Gasteiger partial charge < -0.3 is 14.2 Å². The second kappa shape index (κ2) is 15.3. The van der Waals surface area contributed by atoms with E-state index in [1.165, 1.54) is 112 Å². The van der Waals surface area contributed by atoms with E-state index in [1.807, 2.05) is 0 Å². The maximum Gasteiger partial charge on any atom is 0.252 e. The third-order valence-electron chi connectivity index (χ3n) is 17.5. The van der Waals surface area contributed by atoms with Gasteiger partial charge in [0.1, 0.15) is 11.2 Å². The Morgan fingerprint density at radius 2 is 0.760 bits per heavy atom. The summed E-state index contributed by atoms with van der Waals surface area (Å²) in [6.07, 6.45) is 0. The van der Waals surface area contributed by atoms with Crippen LogP contribution in [0.15, 0.2) is 180 Å². The molecule has 4 aliphatic rings. The van der Waals surface area contributed by atoms with Crippen LogP contribution in [0.3, 0.4) is 0 Å². The normalized spacial score (nSPS) is 15.0. The van der Waals surface area contributed by atoms with Crippen molar-refractivity contribution in [3.05, 3.63) is 220 Å². The molecular formula is C71H65BN2O. The number of furan rings is 1. The van der Waals surface area contributed by atoms with E-state index in [-0.39, 0.29) is 28.4 Å². The number of nitrogens with zero attached hydrogens (tertiary/aromatic N) is 2. The first kappa shape index (κ1) is 46.0. The van der Waals surface area contributed by atoms with Crippen LogP contribution in [0.4, 0.5) is 34.1 Å². The van der Waals surface area contributed by atoms with Crippen molar-refractivity contribution < 1.29 is 4.42 Å². The van der Waals surface area contributed by atoms with E-state index >= 15 is 0 Å². The molecule has 3 heterocycles. The van der Waals surface area contributed by atoms with Crippen molar-refractivity contribution in [3.63, 3.8) is 0 Å². The molecule has 3 nitrogen and oxygen atoms in total. The van der Waals surface area contributed by atoms with Crippen LogP contribution >= 0.6 is 0 Å². The zero-order valence-corrected chi connectivity index (χ0v) is 45.6. The fourth-order valence-electron chi connectivity index (χ4n) is 13.5. The van der Waals surface area contributed by atoms with Crippen molar-refractivity contribution in [1.29, 1.82) is 0 Å². The van der Waals surface area contributed by atoms with E-state index < -0.39 is 5.41 Å². The molecule has 1 aromatic heterocycles. The van der Waals surface area contributed by atoms with Gasteiger partial charge in [-0.1, -0.05) is 192 Å². The van der Waals surface area contributed by atoms with E-state index in [0.29, 0.717) is 0 Å². The van der Waals surface area contributed by atoms with Gasteiger partial charge in [0.2, 0.25) is 0 Å². The van der Waals surface area contributed by atoms with Crippen LogP contribution in [-0.4, -0.2) is 6.71 Å². The average Bonchev–Trinajstić information content (AvgIpc) is 4.23. The summed E-state index contributed by atoms with van der Waals surface area (Å²) in [5, 5.41) is 2.27. The van der Waals surface area contributed by atoms with Gasteiger partial charge in [-0.3, -0.25) is 0 Å². The van der Waals surface area contributed by atoms with Gasteiger partial charge in [-0.05, 0) is 172 Å². The highest BCUT2D eigenvalue weighted by molar-refractivity contribution is 7.00. The van der Waals surface area contributed by atoms with E-state index in [0.717, 1.165) is 27.6 Å². The number of rotatable bonds is 2. The van der Waals surface area contributed by atoms with Crippen LogP contribution in [-0.2, 0) is 27.1 Å². The van der Waals surface area contributed by atoms with Crippen molar-refractivity contribution in [2.24, 2.45) is 0 Å². The van der Waals surface area contributed by atoms with Crippen LogP contribution in [0.1, 0.15) is 128 Å². The highest BCUT2D eigenvalue weighted by Crippen LogP contribution is 2.63. The molecule has 2 aliphatic heterocycles. The number of anilines is 6. The molecular weight excluding hydrogens is 908 g/mol. The molecule has 0 saturated heterocycles. The molecule has 75 heavy (non-hydrogen) atoms. The first-order valence-electron chi connectivity index (χ1n) is 27.2. The highest BCUT2D eigenvalue weighted by atomic mass is 16.3. The van der Waals surface area contributed by atoms with E-state index in [9.17, 15) is 0 Å². The highest BCUT2D eigenvalue weighted by Gasteiger charge is 2.52. The lowest BCUT2D eigenvalue weighted by molar-refractivity contribution is 0.589. The molecule has 0 unspecified atom stereocenters. The van der Waals surface area contributed by atoms with Crippen LogP contribution in [0.25, 0.3) is 44.2 Å². The van der Waals surface area contributed by atoms with Gasteiger partial charge in [0, 0.05) is 44.9 Å². The zero-order valence-electron chi connectivity index (χ0n) is 45.6. The molecule has 9 aromatic carbocycles. The maximum absolute atomic E-state index is 7.36. The lowest BCUT2D eigenvalue weighted by Crippen LogP contribution is -2.61. The predicted octanol–water partition coefficient (Wildman–Crippen LogP) is 17.2. The monoisotopic (exact) mass is 973 g/mol. The molecule has 0 amide bonds. The molecule has 4 heteroatoms. The number of hydrogen-bond acceptors (Lipinski definition) is 3. The fourth-order valence-corrected chi connectivity index (χ4v) is 13.5. The minimum Gasteiger partial charge on any atom is -0.456 e. The van der Waals surface area contributed by atoms with Gasteiger partial charge in [-0.15, -0.1) is 0 Å². The van der Waals surface area contributed by atoms with Crippen molar-refractivity contribution in [2.45, 2.75) is 110 Å². The lowest BCUT2D eigenvalue weighted by atomic mass is 9.33. The molecule has 0 bridgehead atoms. The Kier molecular flexibility index (Phi) is 9.38. The maximum atomic E-state index is 7.36. The fraction of sp³-hybridized carbons (Fsp3) is 0.239. The summed E-state index contributed by atoms with van der Waals surface area (Å²) in [5.41, 5.74) is 28.0. The molecule has 10 aromatic rings. The summed E-state index contributed by atoms with van der Waals surface area (Å²) < 4.78 is 7.36. The van der Waals surface area contributed by atoms with Gasteiger partial charge in [0.25, 0.3) is 6.71 Å². The predicted molar refractivity (Wildman–Crippen MR) is 319 cm³/mol. The second-order valence-electron chi connectivity index (χ2n) is 26.2. The minimum atomic E-state index is -0.457. The third kappa shape index (κ3) is 6.47. The van der Waals surface area contributed by atoms with Crippen molar-refractivity contribution in [1.82, 2.24) is 0 Å². The minimum absolute atomic E-state index is 0.00931. The molecule has 0 N–H and O–H groups in total. The van der Waals surface area contributed by atoms with Gasteiger partial charge in [0.05, 0.1) is 5.41 Å². The second-order valence-corrected chi connectivity index (χ2v) is 26.2. The molecule has 0 saturated carbocycles. The van der Waals surface area contributed by atoms with Crippen molar-refractivity contribution in [2.75, 3.05) is 9.80 Å². The number of hydrogen-bond donors (Lipinski definition) is 0. The molecule has 0 radical (unpaired) electrons. The Labute approximate surface area is 444 Å². The Balaban J connectivity index is 1.07. The average molecular weight is 973 g/mol. The van der Waals surface area contributed by atoms with E-state index in [4.69, 9.17) is 4.42 Å². The van der Waals surface area contributed by atoms with Crippen molar-refractivity contribution in [3.8, 4) is 22.3 Å². The first-order chi connectivity index (χ1) is 35.7. The molecule has 14 rings (SSSR count).